The Morgan fingerprint density at radius 2 is 0.949 bits per heavy atom. The molecule has 188 valence electrons. The molecule has 39 heavy (non-hydrogen) atoms. The second-order valence-electron chi connectivity index (χ2n) is 10.4. The van der Waals surface area contributed by atoms with E-state index < -0.39 is 0 Å². The molecule has 4 aromatic carbocycles. The molecule has 0 fully saturated rings. The van der Waals surface area contributed by atoms with Crippen LogP contribution >= 0.6 is 22.7 Å². The fourth-order valence-corrected chi connectivity index (χ4v) is 7.96. The Balaban J connectivity index is 1.19. The highest BCUT2D eigenvalue weighted by Gasteiger charge is 2.29. The van der Waals surface area contributed by atoms with E-state index in [1.54, 1.807) is 0 Å². The lowest BCUT2D eigenvalue weighted by molar-refractivity contribution is 0.577. The van der Waals surface area contributed by atoms with Crippen LogP contribution in [0, 0.1) is 0 Å². The molecule has 0 radical (unpaired) electrons. The minimum Gasteiger partial charge on any atom is -0.239 e. The zero-order valence-corrected chi connectivity index (χ0v) is 23.1. The second kappa shape index (κ2) is 8.37. The summed E-state index contributed by atoms with van der Waals surface area (Å²) in [5.74, 6) is 0. The quantitative estimate of drug-likeness (QED) is 0.223. The molecule has 4 aromatic heterocycles. The minimum absolute atomic E-state index is 0.362. The third-order valence-corrected chi connectivity index (χ3v) is 10.1. The number of hydrogen-bond donors (Lipinski definition) is 0. The molecule has 0 spiro atoms. The van der Waals surface area contributed by atoms with E-state index in [1.165, 1.54) is 40.3 Å². The molecule has 8 aromatic rings. The number of nitrogens with zero attached hydrogens (tertiary/aromatic N) is 4. The van der Waals surface area contributed by atoms with E-state index >= 15 is 0 Å². The van der Waals surface area contributed by atoms with Gasteiger partial charge in [0, 0.05) is 43.3 Å². The summed E-state index contributed by atoms with van der Waals surface area (Å²) in [5, 5.41) is 15.3. The summed E-state index contributed by atoms with van der Waals surface area (Å²) in [4.78, 5) is 0. The van der Waals surface area contributed by atoms with Crippen molar-refractivity contribution in [3.05, 3.63) is 121 Å². The first-order valence-electron chi connectivity index (χ1n) is 13.0. The first-order valence-corrected chi connectivity index (χ1v) is 14.6. The standard InChI is InChI=1S/C33H24N4S2/c1-33(2,29-17-19-36(34-29)25-13-7-11-23-21-9-3-5-15-27(21)38-31(23)25)30-18-20-37(35-30)26-14-8-12-24-22-10-4-6-16-28(22)39-32(24)26/h3-20H,1-2H3. The molecule has 0 saturated heterocycles. The van der Waals surface area contributed by atoms with Crippen molar-refractivity contribution in [1.29, 1.82) is 0 Å². The maximum Gasteiger partial charge on any atom is 0.0824 e. The molecule has 0 amide bonds. The van der Waals surface area contributed by atoms with Crippen molar-refractivity contribution in [3.8, 4) is 11.4 Å². The maximum absolute atomic E-state index is 5.09. The third-order valence-electron chi connectivity index (χ3n) is 7.72. The van der Waals surface area contributed by atoms with Gasteiger partial charge in [-0.05, 0) is 50.2 Å². The molecule has 0 saturated carbocycles. The topological polar surface area (TPSA) is 35.6 Å². The molecule has 0 aliphatic carbocycles. The van der Waals surface area contributed by atoms with Crippen LogP contribution < -0.4 is 0 Å². The molecule has 0 unspecified atom stereocenters. The van der Waals surface area contributed by atoms with Crippen LogP contribution in [0.4, 0.5) is 0 Å². The van der Waals surface area contributed by atoms with E-state index in [1.807, 2.05) is 32.0 Å². The Labute approximate surface area is 233 Å². The van der Waals surface area contributed by atoms with Crippen LogP contribution in [-0.2, 0) is 5.41 Å². The van der Waals surface area contributed by atoms with Crippen LogP contribution in [0.15, 0.2) is 109 Å². The Kier molecular flexibility index (Phi) is 4.87. The van der Waals surface area contributed by atoms with Gasteiger partial charge in [-0.25, -0.2) is 9.36 Å². The van der Waals surface area contributed by atoms with Crippen LogP contribution in [0.1, 0.15) is 25.2 Å². The summed E-state index contributed by atoms with van der Waals surface area (Å²) in [6.07, 6.45) is 4.15. The van der Waals surface area contributed by atoms with Crippen LogP contribution in [-0.4, -0.2) is 19.6 Å². The Morgan fingerprint density at radius 1 is 0.513 bits per heavy atom. The van der Waals surface area contributed by atoms with Crippen molar-refractivity contribution in [2.45, 2.75) is 19.3 Å². The highest BCUT2D eigenvalue weighted by molar-refractivity contribution is 7.26. The van der Waals surface area contributed by atoms with Crippen molar-refractivity contribution in [2.24, 2.45) is 0 Å². The fraction of sp³-hybridized carbons (Fsp3) is 0.0909. The summed E-state index contributed by atoms with van der Waals surface area (Å²) in [5.41, 5.74) is 3.84. The molecule has 4 nitrogen and oxygen atoms in total. The van der Waals surface area contributed by atoms with Gasteiger partial charge in [0.1, 0.15) is 0 Å². The summed E-state index contributed by atoms with van der Waals surface area (Å²) in [6.45, 7) is 4.40. The highest BCUT2D eigenvalue weighted by atomic mass is 32.1. The third kappa shape index (κ3) is 3.42. The summed E-state index contributed by atoms with van der Waals surface area (Å²) < 4.78 is 9.14. The SMILES string of the molecule is CC(C)(c1ccn(-c2cccc3c2sc2ccccc23)n1)c1ccn(-c2cccc3c2sc2ccccc23)n1. The smallest absolute Gasteiger partial charge is 0.0824 e. The van der Waals surface area contributed by atoms with E-state index in [0.717, 1.165) is 22.8 Å². The summed E-state index contributed by atoms with van der Waals surface area (Å²) >= 11 is 3.65. The normalized spacial score (nSPS) is 12.4. The molecule has 4 heterocycles. The average molecular weight is 541 g/mol. The lowest BCUT2D eigenvalue weighted by Crippen LogP contribution is -2.21. The van der Waals surface area contributed by atoms with E-state index in [2.05, 4.69) is 123 Å². The van der Waals surface area contributed by atoms with E-state index in [4.69, 9.17) is 10.2 Å². The lowest BCUT2D eigenvalue weighted by Gasteiger charge is -2.20. The zero-order valence-electron chi connectivity index (χ0n) is 21.5. The Morgan fingerprint density at radius 3 is 1.44 bits per heavy atom. The monoisotopic (exact) mass is 540 g/mol. The average Bonchev–Trinajstić information content (AvgIpc) is 3.76. The predicted molar refractivity (Wildman–Crippen MR) is 165 cm³/mol. The van der Waals surface area contributed by atoms with Gasteiger partial charge in [-0.2, -0.15) is 10.2 Å². The molecule has 0 aliphatic heterocycles. The van der Waals surface area contributed by atoms with Crippen LogP contribution in [0.2, 0.25) is 0 Å². The number of aromatic nitrogens is 4. The number of hydrogen-bond acceptors (Lipinski definition) is 4. The zero-order chi connectivity index (χ0) is 26.1. The van der Waals surface area contributed by atoms with Gasteiger partial charge in [0.05, 0.1) is 37.6 Å². The van der Waals surface area contributed by atoms with Gasteiger partial charge in [-0.1, -0.05) is 60.7 Å². The Hall–Kier alpha value is -4.26. The molecule has 6 heteroatoms. The largest absolute Gasteiger partial charge is 0.239 e. The molecule has 0 atom stereocenters. The van der Waals surface area contributed by atoms with Crippen molar-refractivity contribution in [2.75, 3.05) is 0 Å². The minimum atomic E-state index is -0.362. The van der Waals surface area contributed by atoms with Gasteiger partial charge in [0.15, 0.2) is 0 Å². The number of thiophene rings is 2. The number of benzene rings is 4. The molecular weight excluding hydrogens is 517 g/mol. The van der Waals surface area contributed by atoms with Gasteiger partial charge in [-0.15, -0.1) is 22.7 Å². The molecule has 0 aliphatic rings. The van der Waals surface area contributed by atoms with E-state index in [0.29, 0.717) is 0 Å². The first-order chi connectivity index (χ1) is 19.1. The van der Waals surface area contributed by atoms with Crippen LogP contribution in [0.25, 0.3) is 51.7 Å². The summed E-state index contributed by atoms with van der Waals surface area (Å²) in [6, 6.07) is 34.4. The van der Waals surface area contributed by atoms with Gasteiger partial charge >= 0.3 is 0 Å². The van der Waals surface area contributed by atoms with Crippen LogP contribution in [0.3, 0.4) is 0 Å². The number of rotatable bonds is 4. The fourth-order valence-electron chi connectivity index (χ4n) is 5.54. The van der Waals surface area contributed by atoms with Crippen molar-refractivity contribution < 1.29 is 0 Å². The summed E-state index contributed by atoms with van der Waals surface area (Å²) in [7, 11) is 0. The second-order valence-corrected chi connectivity index (χ2v) is 12.5. The van der Waals surface area contributed by atoms with Crippen LogP contribution in [0.5, 0.6) is 0 Å². The van der Waals surface area contributed by atoms with E-state index in [9.17, 15) is 0 Å². The van der Waals surface area contributed by atoms with Crippen molar-refractivity contribution >= 4 is 63.0 Å². The lowest BCUT2D eigenvalue weighted by atomic mass is 9.86. The molecule has 0 bridgehead atoms. The Bertz CT molecular complexity index is 2020. The first kappa shape index (κ1) is 22.7. The van der Waals surface area contributed by atoms with E-state index in [-0.39, 0.29) is 5.41 Å². The maximum atomic E-state index is 5.09. The van der Waals surface area contributed by atoms with Crippen molar-refractivity contribution in [1.82, 2.24) is 19.6 Å². The van der Waals surface area contributed by atoms with Gasteiger partial charge in [-0.3, -0.25) is 0 Å². The molecule has 0 N–H and O–H groups in total. The predicted octanol–water partition coefficient (Wildman–Crippen LogP) is 9.12. The molecule has 8 rings (SSSR count). The van der Waals surface area contributed by atoms with Crippen molar-refractivity contribution in [3.63, 3.8) is 0 Å². The van der Waals surface area contributed by atoms with Gasteiger partial charge < -0.3 is 0 Å². The molecular formula is C33H24N4S2. The number of fused-ring (bicyclic) bond motifs is 6. The van der Waals surface area contributed by atoms with Gasteiger partial charge in [0.25, 0.3) is 0 Å². The van der Waals surface area contributed by atoms with Gasteiger partial charge in [0.2, 0.25) is 0 Å². The highest BCUT2D eigenvalue weighted by Crippen LogP contribution is 2.39.